The molecule has 1 saturated carbocycles. The molecule has 0 atom stereocenters. The Morgan fingerprint density at radius 1 is 1.11 bits per heavy atom. The van der Waals surface area contributed by atoms with E-state index < -0.39 is 17.8 Å². The molecule has 0 aromatic rings. The lowest BCUT2D eigenvalue weighted by atomic mass is 9.89. The highest BCUT2D eigenvalue weighted by atomic mass is 19.4. The van der Waals surface area contributed by atoms with Gasteiger partial charge in [-0.2, -0.15) is 13.2 Å². The Kier molecular flexibility index (Phi) is 4.47. The van der Waals surface area contributed by atoms with Crippen molar-refractivity contribution >= 4 is 6.09 Å². The van der Waals surface area contributed by atoms with E-state index >= 15 is 0 Å². The maximum atomic E-state index is 12.7. The maximum absolute atomic E-state index is 12.7. The average Bonchev–Trinajstić information content (AvgIpc) is 2.18. The van der Waals surface area contributed by atoms with E-state index in [9.17, 15) is 18.0 Å². The van der Waals surface area contributed by atoms with Crippen molar-refractivity contribution in [2.45, 2.75) is 63.3 Å². The average molecular weight is 268 g/mol. The first-order valence-corrected chi connectivity index (χ1v) is 5.96. The van der Waals surface area contributed by atoms with Gasteiger partial charge in [-0.1, -0.05) is 0 Å². The molecule has 0 aromatic carbocycles. The largest absolute Gasteiger partial charge is 0.465 e. The van der Waals surface area contributed by atoms with Crippen LogP contribution in [0.5, 0.6) is 0 Å². The van der Waals surface area contributed by atoms with Crippen molar-refractivity contribution < 1.29 is 23.1 Å². The van der Waals surface area contributed by atoms with Gasteiger partial charge in [-0.15, -0.1) is 0 Å². The lowest BCUT2D eigenvalue weighted by Crippen LogP contribution is -2.57. The number of hydrogen-bond acceptors (Lipinski definition) is 2. The predicted molar refractivity (Wildman–Crippen MR) is 60.5 cm³/mol. The van der Waals surface area contributed by atoms with Gasteiger partial charge >= 0.3 is 12.3 Å². The SMILES string of the molecule is CC(C)(N[C@H]1CC[C@H](NC(=O)O)CC1)C(F)(F)F. The van der Waals surface area contributed by atoms with Crippen molar-refractivity contribution in [2.75, 3.05) is 0 Å². The molecule has 1 rings (SSSR count). The smallest absolute Gasteiger partial charge is 0.406 e. The van der Waals surface area contributed by atoms with E-state index in [1.54, 1.807) is 0 Å². The summed E-state index contributed by atoms with van der Waals surface area (Å²) in [4.78, 5) is 10.4. The van der Waals surface area contributed by atoms with Crippen LogP contribution in [0.3, 0.4) is 0 Å². The van der Waals surface area contributed by atoms with Gasteiger partial charge in [0.05, 0.1) is 0 Å². The Bertz CT molecular complexity index is 297. The summed E-state index contributed by atoms with van der Waals surface area (Å²) in [5.41, 5.74) is -1.91. The summed E-state index contributed by atoms with van der Waals surface area (Å²) in [5, 5.41) is 13.5. The van der Waals surface area contributed by atoms with Gasteiger partial charge in [0.1, 0.15) is 5.54 Å². The first-order valence-electron chi connectivity index (χ1n) is 5.96. The zero-order valence-corrected chi connectivity index (χ0v) is 10.5. The number of rotatable bonds is 3. The molecule has 0 unspecified atom stereocenters. The number of carboxylic acid groups (broad SMARTS) is 1. The quantitative estimate of drug-likeness (QED) is 0.737. The Morgan fingerprint density at radius 2 is 1.56 bits per heavy atom. The van der Waals surface area contributed by atoms with Crippen LogP contribution in [0, 0.1) is 0 Å². The fourth-order valence-corrected chi connectivity index (χ4v) is 2.15. The number of alkyl halides is 3. The molecule has 3 N–H and O–H groups in total. The van der Waals surface area contributed by atoms with Crippen molar-refractivity contribution in [3.63, 3.8) is 0 Å². The van der Waals surface area contributed by atoms with Gasteiger partial charge in [-0.3, -0.25) is 0 Å². The minimum Gasteiger partial charge on any atom is -0.465 e. The van der Waals surface area contributed by atoms with Gasteiger partial charge in [0, 0.05) is 12.1 Å². The highest BCUT2D eigenvalue weighted by molar-refractivity contribution is 5.64. The Labute approximate surface area is 104 Å². The number of nitrogens with one attached hydrogen (secondary N) is 2. The summed E-state index contributed by atoms with van der Waals surface area (Å²) < 4.78 is 38.1. The Hall–Kier alpha value is -0.980. The summed E-state index contributed by atoms with van der Waals surface area (Å²) in [6.07, 6.45) is -3.14. The lowest BCUT2D eigenvalue weighted by molar-refractivity contribution is -0.188. The summed E-state index contributed by atoms with van der Waals surface area (Å²) in [7, 11) is 0. The van der Waals surface area contributed by atoms with Gasteiger partial charge in [0.15, 0.2) is 0 Å². The molecular formula is C11H19F3N2O2. The number of hydrogen-bond donors (Lipinski definition) is 3. The van der Waals surface area contributed by atoms with Gasteiger partial charge < -0.3 is 15.7 Å². The lowest BCUT2D eigenvalue weighted by Gasteiger charge is -2.37. The fourth-order valence-electron chi connectivity index (χ4n) is 2.15. The predicted octanol–water partition coefficient (Wildman–Crippen LogP) is 2.50. The minimum atomic E-state index is -4.29. The fraction of sp³-hybridized carbons (Fsp3) is 0.909. The van der Waals surface area contributed by atoms with E-state index in [2.05, 4.69) is 10.6 Å². The zero-order valence-electron chi connectivity index (χ0n) is 10.5. The molecule has 0 aromatic heterocycles. The number of amides is 1. The number of carbonyl (C=O) groups is 1. The minimum absolute atomic E-state index is 0.144. The van der Waals surface area contributed by atoms with Crippen LogP contribution in [-0.2, 0) is 0 Å². The third-order valence-corrected chi connectivity index (χ3v) is 3.33. The second kappa shape index (κ2) is 5.34. The van der Waals surface area contributed by atoms with Crippen LogP contribution in [0.1, 0.15) is 39.5 Å². The third-order valence-electron chi connectivity index (χ3n) is 3.33. The van der Waals surface area contributed by atoms with Crippen molar-refractivity contribution in [2.24, 2.45) is 0 Å². The van der Waals surface area contributed by atoms with Crippen molar-refractivity contribution in [3.8, 4) is 0 Å². The molecule has 1 amide bonds. The summed E-state index contributed by atoms with van der Waals surface area (Å²) >= 11 is 0. The van der Waals surface area contributed by atoms with Gasteiger partial charge in [-0.05, 0) is 39.5 Å². The zero-order chi connectivity index (χ0) is 14.0. The molecule has 0 radical (unpaired) electrons. The topological polar surface area (TPSA) is 61.4 Å². The Morgan fingerprint density at radius 3 is 1.94 bits per heavy atom. The highest BCUT2D eigenvalue weighted by Gasteiger charge is 2.48. The van der Waals surface area contributed by atoms with Crippen molar-refractivity contribution in [3.05, 3.63) is 0 Å². The number of halogens is 3. The van der Waals surface area contributed by atoms with Gasteiger partial charge in [0.2, 0.25) is 0 Å². The van der Waals surface area contributed by atoms with E-state index in [0.717, 1.165) is 13.8 Å². The second-order valence-electron chi connectivity index (χ2n) is 5.27. The second-order valence-corrected chi connectivity index (χ2v) is 5.27. The summed E-state index contributed by atoms with van der Waals surface area (Å²) in [6, 6.07) is -0.358. The molecule has 0 heterocycles. The maximum Gasteiger partial charge on any atom is 0.406 e. The van der Waals surface area contributed by atoms with E-state index in [1.807, 2.05) is 0 Å². The molecule has 0 bridgehead atoms. The van der Waals surface area contributed by atoms with Crippen LogP contribution < -0.4 is 10.6 Å². The van der Waals surface area contributed by atoms with Crippen molar-refractivity contribution in [1.82, 2.24) is 10.6 Å². The standard InChI is InChI=1S/C11H19F3N2O2/c1-10(2,11(12,13)14)16-8-5-3-7(4-6-8)15-9(17)18/h7-8,15-16H,3-6H2,1-2H3,(H,17,18)/t7-,8-. The summed E-state index contributed by atoms with van der Waals surface area (Å²) in [6.45, 7) is 2.24. The van der Waals surface area contributed by atoms with Crippen molar-refractivity contribution in [1.29, 1.82) is 0 Å². The van der Waals surface area contributed by atoms with Crippen LogP contribution in [0.4, 0.5) is 18.0 Å². The monoisotopic (exact) mass is 268 g/mol. The molecule has 0 spiro atoms. The first-order chi connectivity index (χ1) is 8.12. The molecule has 4 nitrogen and oxygen atoms in total. The van der Waals surface area contributed by atoms with E-state index in [1.165, 1.54) is 0 Å². The van der Waals surface area contributed by atoms with Crippen LogP contribution in [0.25, 0.3) is 0 Å². The van der Waals surface area contributed by atoms with Crippen LogP contribution in [0.15, 0.2) is 0 Å². The molecule has 0 saturated heterocycles. The highest BCUT2D eigenvalue weighted by Crippen LogP contribution is 2.31. The van der Waals surface area contributed by atoms with Crippen LogP contribution >= 0.6 is 0 Å². The molecule has 1 fully saturated rings. The first kappa shape index (κ1) is 15.1. The molecule has 0 aliphatic heterocycles. The van der Waals surface area contributed by atoms with Crippen LogP contribution in [-0.4, -0.2) is 35.0 Å². The molecule has 18 heavy (non-hydrogen) atoms. The third kappa shape index (κ3) is 4.04. The van der Waals surface area contributed by atoms with E-state index in [4.69, 9.17) is 5.11 Å². The van der Waals surface area contributed by atoms with E-state index in [0.29, 0.717) is 25.7 Å². The Balaban J connectivity index is 2.42. The molecule has 1 aliphatic carbocycles. The molecule has 106 valence electrons. The molecular weight excluding hydrogens is 249 g/mol. The molecule has 1 aliphatic rings. The van der Waals surface area contributed by atoms with Gasteiger partial charge in [-0.25, -0.2) is 4.79 Å². The van der Waals surface area contributed by atoms with Gasteiger partial charge in [0.25, 0.3) is 0 Å². The normalized spacial score (nSPS) is 25.8. The molecule has 7 heteroatoms. The summed E-state index contributed by atoms with van der Waals surface area (Å²) in [5.74, 6) is 0. The van der Waals surface area contributed by atoms with Crippen LogP contribution in [0.2, 0.25) is 0 Å². The van der Waals surface area contributed by atoms with E-state index in [-0.39, 0.29) is 12.1 Å².